The number of carbonyl (C=O) groups excluding carboxylic acids is 1. The van der Waals surface area contributed by atoms with Crippen molar-refractivity contribution in [3.05, 3.63) is 35.1 Å². The molecule has 21 heavy (non-hydrogen) atoms. The quantitative estimate of drug-likeness (QED) is 0.716. The molecule has 1 aromatic carbocycles. The molecule has 1 aliphatic carbocycles. The number of nitrogens with one attached hydrogen (secondary N) is 1. The van der Waals surface area contributed by atoms with Crippen LogP contribution in [0.15, 0.2) is 18.2 Å². The molecule has 4 N–H and O–H groups in total. The van der Waals surface area contributed by atoms with Gasteiger partial charge in [0.05, 0.1) is 18.2 Å². The van der Waals surface area contributed by atoms with Crippen LogP contribution in [0.4, 0.5) is 4.39 Å². The summed E-state index contributed by atoms with van der Waals surface area (Å²) in [6.45, 7) is 0.206. The largest absolute Gasteiger partial charge is 0.393 e. The van der Waals surface area contributed by atoms with E-state index in [1.54, 1.807) is 6.07 Å². The van der Waals surface area contributed by atoms with Crippen LogP contribution in [-0.2, 0) is 0 Å². The Bertz CT molecular complexity index is 569. The third-order valence-corrected chi connectivity index (χ3v) is 3.58. The summed E-state index contributed by atoms with van der Waals surface area (Å²) in [5, 5.41) is 12.2. The van der Waals surface area contributed by atoms with E-state index in [0.29, 0.717) is 31.2 Å². The van der Waals surface area contributed by atoms with Crippen molar-refractivity contribution in [3.8, 4) is 11.8 Å². The topological polar surface area (TPSA) is 75.4 Å². The van der Waals surface area contributed by atoms with E-state index in [0.717, 1.165) is 0 Å². The van der Waals surface area contributed by atoms with E-state index in [4.69, 9.17) is 5.73 Å². The van der Waals surface area contributed by atoms with Crippen LogP contribution < -0.4 is 11.1 Å². The molecule has 5 heteroatoms. The summed E-state index contributed by atoms with van der Waals surface area (Å²) in [5.41, 5.74) is 5.77. The number of benzene rings is 1. The highest BCUT2D eigenvalue weighted by molar-refractivity contribution is 5.94. The van der Waals surface area contributed by atoms with Crippen LogP contribution in [0.2, 0.25) is 0 Å². The van der Waals surface area contributed by atoms with Gasteiger partial charge in [-0.2, -0.15) is 0 Å². The number of aliphatic hydroxyl groups excluding tert-OH is 1. The standard InChI is InChI=1S/C16H19FN2O2/c17-15-10-11(2-1-9-18)3-8-14(15)16(21)19-12-4-6-13(20)7-5-12/h3,8,10,12-13,20H,4-7,9,18H2,(H,19,21). The predicted octanol–water partition coefficient (Wildman–Crippen LogP) is 1.17. The maximum Gasteiger partial charge on any atom is 0.254 e. The number of carbonyl (C=O) groups is 1. The van der Waals surface area contributed by atoms with E-state index in [1.807, 2.05) is 0 Å². The Morgan fingerprint density at radius 2 is 2.10 bits per heavy atom. The molecule has 0 aromatic heterocycles. The van der Waals surface area contributed by atoms with Gasteiger partial charge < -0.3 is 16.2 Å². The third kappa shape index (κ3) is 4.28. The SMILES string of the molecule is NCC#Cc1ccc(C(=O)NC2CCC(O)CC2)c(F)c1. The molecule has 0 atom stereocenters. The molecule has 0 bridgehead atoms. The van der Waals surface area contributed by atoms with Gasteiger partial charge in [0, 0.05) is 11.6 Å². The molecule has 0 radical (unpaired) electrons. The lowest BCUT2D eigenvalue weighted by Gasteiger charge is -2.26. The van der Waals surface area contributed by atoms with E-state index in [9.17, 15) is 14.3 Å². The Hall–Kier alpha value is -1.90. The molecule has 0 saturated heterocycles. The highest BCUT2D eigenvalue weighted by Crippen LogP contribution is 2.19. The van der Waals surface area contributed by atoms with Gasteiger partial charge in [0.1, 0.15) is 5.82 Å². The van der Waals surface area contributed by atoms with E-state index in [1.165, 1.54) is 12.1 Å². The van der Waals surface area contributed by atoms with Crippen LogP contribution in [0.3, 0.4) is 0 Å². The number of rotatable bonds is 2. The summed E-state index contributed by atoms with van der Waals surface area (Å²) in [7, 11) is 0. The minimum Gasteiger partial charge on any atom is -0.393 e. The zero-order valence-electron chi connectivity index (χ0n) is 11.7. The van der Waals surface area contributed by atoms with Gasteiger partial charge in [0.25, 0.3) is 5.91 Å². The summed E-state index contributed by atoms with van der Waals surface area (Å²) in [5.74, 6) is 4.35. The minimum absolute atomic E-state index is 0.00277. The number of aliphatic hydroxyl groups is 1. The second kappa shape index (κ2) is 7.21. The number of amides is 1. The van der Waals surface area contributed by atoms with Crippen molar-refractivity contribution in [2.24, 2.45) is 5.73 Å². The van der Waals surface area contributed by atoms with Crippen LogP contribution in [0.25, 0.3) is 0 Å². The fraction of sp³-hybridized carbons (Fsp3) is 0.438. The van der Waals surface area contributed by atoms with Gasteiger partial charge in [-0.05, 0) is 43.9 Å². The minimum atomic E-state index is -0.591. The number of hydrogen-bond donors (Lipinski definition) is 3. The first-order chi connectivity index (χ1) is 10.1. The first-order valence-electron chi connectivity index (χ1n) is 7.07. The van der Waals surface area contributed by atoms with Gasteiger partial charge in [-0.1, -0.05) is 11.8 Å². The molecule has 0 unspecified atom stereocenters. The maximum atomic E-state index is 13.9. The number of nitrogens with two attached hydrogens (primary N) is 1. The highest BCUT2D eigenvalue weighted by Gasteiger charge is 2.22. The Kier molecular flexibility index (Phi) is 5.32. The van der Waals surface area contributed by atoms with Crippen molar-refractivity contribution in [1.29, 1.82) is 0 Å². The molecule has 0 heterocycles. The first-order valence-corrected chi connectivity index (χ1v) is 7.07. The lowest BCUT2D eigenvalue weighted by atomic mass is 9.93. The van der Waals surface area contributed by atoms with E-state index >= 15 is 0 Å². The van der Waals surface area contributed by atoms with Crippen LogP contribution in [-0.4, -0.2) is 29.7 Å². The van der Waals surface area contributed by atoms with Crippen LogP contribution in [0, 0.1) is 17.7 Å². The van der Waals surface area contributed by atoms with Crippen LogP contribution >= 0.6 is 0 Å². The zero-order chi connectivity index (χ0) is 15.2. The molecule has 1 amide bonds. The zero-order valence-corrected chi connectivity index (χ0v) is 11.7. The Morgan fingerprint density at radius 3 is 2.71 bits per heavy atom. The highest BCUT2D eigenvalue weighted by atomic mass is 19.1. The second-order valence-electron chi connectivity index (χ2n) is 5.18. The molecule has 2 rings (SSSR count). The maximum absolute atomic E-state index is 13.9. The van der Waals surface area contributed by atoms with E-state index < -0.39 is 11.7 Å². The smallest absolute Gasteiger partial charge is 0.254 e. The Balaban J connectivity index is 2.02. The van der Waals surface area contributed by atoms with Gasteiger partial charge >= 0.3 is 0 Å². The van der Waals surface area contributed by atoms with Crippen molar-refractivity contribution in [3.63, 3.8) is 0 Å². The summed E-state index contributed by atoms with van der Waals surface area (Å²) in [4.78, 5) is 12.1. The summed E-state index contributed by atoms with van der Waals surface area (Å²) in [6.07, 6.45) is 2.49. The van der Waals surface area contributed by atoms with Crippen molar-refractivity contribution in [2.45, 2.75) is 37.8 Å². The molecular formula is C16H19FN2O2. The van der Waals surface area contributed by atoms with Gasteiger partial charge in [-0.3, -0.25) is 4.79 Å². The van der Waals surface area contributed by atoms with E-state index in [2.05, 4.69) is 17.2 Å². The number of halogens is 1. The molecule has 4 nitrogen and oxygen atoms in total. The molecule has 1 fully saturated rings. The van der Waals surface area contributed by atoms with Crippen molar-refractivity contribution < 1.29 is 14.3 Å². The van der Waals surface area contributed by atoms with Gasteiger partial charge in [-0.15, -0.1) is 0 Å². The number of hydrogen-bond acceptors (Lipinski definition) is 3. The normalized spacial score (nSPS) is 21.3. The molecular weight excluding hydrogens is 271 g/mol. The first kappa shape index (κ1) is 15.5. The lowest BCUT2D eigenvalue weighted by Crippen LogP contribution is -2.38. The summed E-state index contributed by atoms with van der Waals surface area (Å²) >= 11 is 0. The Morgan fingerprint density at radius 1 is 1.38 bits per heavy atom. The van der Waals surface area contributed by atoms with Gasteiger partial charge in [0.15, 0.2) is 0 Å². The predicted molar refractivity (Wildman–Crippen MR) is 78.1 cm³/mol. The Labute approximate surface area is 123 Å². The summed E-state index contributed by atoms with van der Waals surface area (Å²) in [6, 6.07) is 4.27. The fourth-order valence-corrected chi connectivity index (χ4v) is 2.41. The average molecular weight is 290 g/mol. The molecule has 1 saturated carbocycles. The van der Waals surface area contributed by atoms with Crippen molar-refractivity contribution >= 4 is 5.91 Å². The monoisotopic (exact) mass is 290 g/mol. The van der Waals surface area contributed by atoms with Crippen LogP contribution in [0.5, 0.6) is 0 Å². The van der Waals surface area contributed by atoms with E-state index in [-0.39, 0.29) is 24.3 Å². The van der Waals surface area contributed by atoms with Crippen molar-refractivity contribution in [2.75, 3.05) is 6.54 Å². The summed E-state index contributed by atoms with van der Waals surface area (Å²) < 4.78 is 13.9. The molecule has 0 aliphatic heterocycles. The van der Waals surface area contributed by atoms with Crippen LogP contribution in [0.1, 0.15) is 41.6 Å². The third-order valence-electron chi connectivity index (χ3n) is 3.58. The van der Waals surface area contributed by atoms with Gasteiger partial charge in [-0.25, -0.2) is 4.39 Å². The molecule has 0 spiro atoms. The fourth-order valence-electron chi connectivity index (χ4n) is 2.41. The molecule has 1 aromatic rings. The van der Waals surface area contributed by atoms with Gasteiger partial charge in [0.2, 0.25) is 0 Å². The molecule has 1 aliphatic rings. The van der Waals surface area contributed by atoms with Crippen molar-refractivity contribution in [1.82, 2.24) is 5.32 Å². The lowest BCUT2D eigenvalue weighted by molar-refractivity contribution is 0.0864. The molecule has 112 valence electrons. The average Bonchev–Trinajstić information content (AvgIpc) is 2.47. The second-order valence-corrected chi connectivity index (χ2v) is 5.18.